The molecule has 0 radical (unpaired) electrons. The summed E-state index contributed by atoms with van der Waals surface area (Å²) in [6.45, 7) is 10.4. The summed E-state index contributed by atoms with van der Waals surface area (Å²) < 4.78 is 0. The van der Waals surface area contributed by atoms with Crippen LogP contribution in [0.1, 0.15) is 27.2 Å². The third kappa shape index (κ3) is 2.53. The molecule has 0 heterocycles. The first-order valence-electron chi connectivity index (χ1n) is 3.92. The van der Waals surface area contributed by atoms with Gasteiger partial charge in [0.15, 0.2) is 0 Å². The van der Waals surface area contributed by atoms with Gasteiger partial charge < -0.3 is 5.11 Å². The van der Waals surface area contributed by atoms with Crippen LogP contribution in [0.3, 0.4) is 0 Å². The molecule has 1 N–H and O–H groups in total. The number of rotatable bonds is 4. The first-order valence-corrected chi connectivity index (χ1v) is 3.92. The summed E-state index contributed by atoms with van der Waals surface area (Å²) in [7, 11) is 0. The Kier molecular flexibility index (Phi) is 4.37. The van der Waals surface area contributed by atoms with E-state index in [1.807, 2.05) is 0 Å². The lowest BCUT2D eigenvalue weighted by atomic mass is 9.88. The SMILES string of the molecule is C=C(CC)[C@H](CO)C(C)C. The summed E-state index contributed by atoms with van der Waals surface area (Å²) in [5.41, 5.74) is 1.16. The Morgan fingerprint density at radius 3 is 2.10 bits per heavy atom. The first kappa shape index (κ1) is 9.70. The van der Waals surface area contributed by atoms with Gasteiger partial charge in [0.05, 0.1) is 0 Å². The summed E-state index contributed by atoms with van der Waals surface area (Å²) in [6.07, 6.45) is 0.976. The Morgan fingerprint density at radius 1 is 1.50 bits per heavy atom. The summed E-state index contributed by atoms with van der Waals surface area (Å²) in [6, 6.07) is 0. The van der Waals surface area contributed by atoms with Gasteiger partial charge in [-0.2, -0.15) is 0 Å². The topological polar surface area (TPSA) is 20.2 Å². The van der Waals surface area contributed by atoms with Gasteiger partial charge in [-0.1, -0.05) is 32.9 Å². The van der Waals surface area contributed by atoms with Gasteiger partial charge in [-0.25, -0.2) is 0 Å². The van der Waals surface area contributed by atoms with Crippen molar-refractivity contribution in [2.45, 2.75) is 27.2 Å². The van der Waals surface area contributed by atoms with E-state index in [2.05, 4.69) is 27.4 Å². The fourth-order valence-corrected chi connectivity index (χ4v) is 1.07. The van der Waals surface area contributed by atoms with Gasteiger partial charge >= 0.3 is 0 Å². The third-order valence-electron chi connectivity index (χ3n) is 1.98. The quantitative estimate of drug-likeness (QED) is 0.597. The van der Waals surface area contributed by atoms with Crippen molar-refractivity contribution in [1.29, 1.82) is 0 Å². The van der Waals surface area contributed by atoms with Gasteiger partial charge in [-0.05, 0) is 12.3 Å². The maximum atomic E-state index is 8.94. The van der Waals surface area contributed by atoms with Crippen LogP contribution < -0.4 is 0 Å². The second-order valence-electron chi connectivity index (χ2n) is 3.04. The highest BCUT2D eigenvalue weighted by Crippen LogP contribution is 2.20. The largest absolute Gasteiger partial charge is 0.396 e. The van der Waals surface area contributed by atoms with E-state index in [1.54, 1.807) is 0 Å². The summed E-state index contributed by atoms with van der Waals surface area (Å²) >= 11 is 0. The molecule has 0 aromatic heterocycles. The van der Waals surface area contributed by atoms with Crippen LogP contribution in [0.5, 0.6) is 0 Å². The molecule has 1 atom stereocenters. The second-order valence-corrected chi connectivity index (χ2v) is 3.04. The molecule has 0 saturated heterocycles. The lowest BCUT2D eigenvalue weighted by Crippen LogP contribution is -2.14. The van der Waals surface area contributed by atoms with Crippen LogP contribution in [0.15, 0.2) is 12.2 Å². The fourth-order valence-electron chi connectivity index (χ4n) is 1.07. The number of hydrogen-bond acceptors (Lipinski definition) is 1. The number of hydrogen-bond donors (Lipinski definition) is 1. The van der Waals surface area contributed by atoms with Crippen LogP contribution >= 0.6 is 0 Å². The molecule has 0 aromatic rings. The maximum absolute atomic E-state index is 8.94. The van der Waals surface area contributed by atoms with E-state index >= 15 is 0 Å². The first-order chi connectivity index (χ1) is 4.63. The Labute approximate surface area is 63.8 Å². The normalized spacial score (nSPS) is 13.7. The maximum Gasteiger partial charge on any atom is 0.0498 e. The summed E-state index contributed by atoms with van der Waals surface area (Å²) in [5, 5.41) is 8.94. The molecule has 0 bridgehead atoms. The molecule has 0 aliphatic rings. The Hall–Kier alpha value is -0.300. The highest BCUT2D eigenvalue weighted by molar-refractivity contribution is 5.00. The summed E-state index contributed by atoms with van der Waals surface area (Å²) in [5.74, 6) is 0.808. The molecule has 0 aromatic carbocycles. The Morgan fingerprint density at radius 2 is 2.00 bits per heavy atom. The van der Waals surface area contributed by atoms with Crippen molar-refractivity contribution in [3.05, 3.63) is 12.2 Å². The van der Waals surface area contributed by atoms with Crippen LogP contribution in [0, 0.1) is 11.8 Å². The monoisotopic (exact) mass is 142 g/mol. The minimum atomic E-state index is 0.240. The van der Waals surface area contributed by atoms with Crippen molar-refractivity contribution in [2.75, 3.05) is 6.61 Å². The zero-order valence-electron chi connectivity index (χ0n) is 7.22. The lowest BCUT2D eigenvalue weighted by molar-refractivity contribution is 0.212. The van der Waals surface area contributed by atoms with E-state index in [1.165, 1.54) is 0 Å². The standard InChI is InChI=1S/C9H18O/c1-5-8(4)9(6-10)7(2)3/h7,9-10H,4-6H2,1-3H3/t9-/m1/s1. The predicted octanol–water partition coefficient (Wildman–Crippen LogP) is 2.22. The molecule has 0 rings (SSSR count). The van der Waals surface area contributed by atoms with E-state index < -0.39 is 0 Å². The van der Waals surface area contributed by atoms with Gasteiger partial charge in [-0.15, -0.1) is 0 Å². The van der Waals surface area contributed by atoms with Crippen molar-refractivity contribution in [3.8, 4) is 0 Å². The van der Waals surface area contributed by atoms with E-state index in [0.29, 0.717) is 11.8 Å². The Balaban J connectivity index is 3.93. The molecule has 0 spiro atoms. The van der Waals surface area contributed by atoms with Crippen molar-refractivity contribution in [2.24, 2.45) is 11.8 Å². The molecule has 1 heteroatoms. The summed E-state index contributed by atoms with van der Waals surface area (Å²) in [4.78, 5) is 0. The molecule has 0 aliphatic heterocycles. The minimum absolute atomic E-state index is 0.240. The molecule has 1 nitrogen and oxygen atoms in total. The molecule has 0 fully saturated rings. The van der Waals surface area contributed by atoms with Crippen LogP contribution in [0.25, 0.3) is 0 Å². The highest BCUT2D eigenvalue weighted by atomic mass is 16.3. The lowest BCUT2D eigenvalue weighted by Gasteiger charge is -2.19. The molecule has 10 heavy (non-hydrogen) atoms. The zero-order chi connectivity index (χ0) is 8.15. The third-order valence-corrected chi connectivity index (χ3v) is 1.98. The van der Waals surface area contributed by atoms with Crippen LogP contribution in [0.2, 0.25) is 0 Å². The molecular formula is C9H18O. The van der Waals surface area contributed by atoms with E-state index in [4.69, 9.17) is 5.11 Å². The molecule has 0 unspecified atom stereocenters. The Bertz CT molecular complexity index is 105. The smallest absolute Gasteiger partial charge is 0.0498 e. The van der Waals surface area contributed by atoms with Crippen molar-refractivity contribution in [3.63, 3.8) is 0 Å². The molecule has 0 aliphatic carbocycles. The van der Waals surface area contributed by atoms with Crippen LogP contribution in [-0.4, -0.2) is 11.7 Å². The van der Waals surface area contributed by atoms with Crippen molar-refractivity contribution < 1.29 is 5.11 Å². The highest BCUT2D eigenvalue weighted by Gasteiger charge is 2.13. The van der Waals surface area contributed by atoms with Gasteiger partial charge in [0.1, 0.15) is 0 Å². The van der Waals surface area contributed by atoms with E-state index in [-0.39, 0.29) is 6.61 Å². The predicted molar refractivity (Wildman–Crippen MR) is 44.8 cm³/mol. The fraction of sp³-hybridized carbons (Fsp3) is 0.778. The molecule has 60 valence electrons. The van der Waals surface area contributed by atoms with Crippen LogP contribution in [0.4, 0.5) is 0 Å². The van der Waals surface area contributed by atoms with Gasteiger partial charge in [0, 0.05) is 12.5 Å². The zero-order valence-corrected chi connectivity index (χ0v) is 7.22. The van der Waals surface area contributed by atoms with E-state index in [0.717, 1.165) is 12.0 Å². The average molecular weight is 142 g/mol. The molecule has 0 amide bonds. The number of aliphatic hydroxyl groups excluding tert-OH is 1. The van der Waals surface area contributed by atoms with Gasteiger partial charge in [-0.3, -0.25) is 0 Å². The van der Waals surface area contributed by atoms with Crippen molar-refractivity contribution >= 4 is 0 Å². The van der Waals surface area contributed by atoms with E-state index in [9.17, 15) is 0 Å². The number of aliphatic hydroxyl groups is 1. The molecular weight excluding hydrogens is 124 g/mol. The van der Waals surface area contributed by atoms with Crippen LogP contribution in [-0.2, 0) is 0 Å². The van der Waals surface area contributed by atoms with Gasteiger partial charge in [0.2, 0.25) is 0 Å². The average Bonchev–Trinajstić information content (AvgIpc) is 1.88. The van der Waals surface area contributed by atoms with Gasteiger partial charge in [0.25, 0.3) is 0 Å². The minimum Gasteiger partial charge on any atom is -0.396 e. The molecule has 0 saturated carbocycles. The van der Waals surface area contributed by atoms with Crippen molar-refractivity contribution in [1.82, 2.24) is 0 Å². The second kappa shape index (κ2) is 4.51.